The van der Waals surface area contributed by atoms with Crippen LogP contribution in [0.4, 0.5) is 10.5 Å². The molecule has 0 spiro atoms. The largest absolute Gasteiger partial charge is 0.381 e. The van der Waals surface area contributed by atoms with Crippen LogP contribution in [-0.2, 0) is 4.74 Å². The lowest BCUT2D eigenvalue weighted by atomic mass is 9.90. The van der Waals surface area contributed by atoms with Gasteiger partial charge in [-0.25, -0.2) is 9.78 Å². The maximum Gasteiger partial charge on any atom is 0.322 e. The molecule has 2 amide bonds. The van der Waals surface area contributed by atoms with Crippen LogP contribution in [0.25, 0.3) is 11.0 Å². The number of benzene rings is 2. The molecule has 5 rings (SSSR count). The zero-order valence-electron chi connectivity index (χ0n) is 15.0. The third-order valence-corrected chi connectivity index (χ3v) is 5.67. The number of nitrogens with one attached hydrogen (secondary N) is 2. The van der Waals surface area contributed by atoms with Crippen LogP contribution < -0.4 is 10.2 Å². The van der Waals surface area contributed by atoms with Crippen molar-refractivity contribution in [2.45, 2.75) is 24.8 Å². The van der Waals surface area contributed by atoms with Gasteiger partial charge >= 0.3 is 6.03 Å². The fourth-order valence-electron chi connectivity index (χ4n) is 4.16. The summed E-state index contributed by atoms with van der Waals surface area (Å²) >= 11 is 0. The fourth-order valence-corrected chi connectivity index (χ4v) is 4.16. The number of carbonyl (C=O) groups is 1. The minimum Gasteiger partial charge on any atom is -0.381 e. The number of aromatic amines is 1. The van der Waals surface area contributed by atoms with E-state index in [1.807, 2.05) is 23.1 Å². The van der Waals surface area contributed by atoms with Gasteiger partial charge in [-0.2, -0.15) is 0 Å². The average Bonchev–Trinajstić information content (AvgIpc) is 3.34. The van der Waals surface area contributed by atoms with Crippen LogP contribution in [0.3, 0.4) is 0 Å². The lowest BCUT2D eigenvalue weighted by Gasteiger charge is -2.25. The van der Waals surface area contributed by atoms with Gasteiger partial charge in [0.15, 0.2) is 0 Å². The SMILES string of the molecule is O=C1NCC(c2ccc(C3CCOCC3)cc2)N1c1ccc2nc[nH]c2c1. The van der Waals surface area contributed by atoms with Crippen molar-refractivity contribution in [3.8, 4) is 0 Å². The first kappa shape index (κ1) is 16.3. The lowest BCUT2D eigenvalue weighted by Crippen LogP contribution is -2.29. The molecule has 6 heteroatoms. The van der Waals surface area contributed by atoms with Gasteiger partial charge in [-0.15, -0.1) is 0 Å². The number of fused-ring (bicyclic) bond motifs is 1. The molecule has 0 aliphatic carbocycles. The highest BCUT2D eigenvalue weighted by Gasteiger charge is 2.33. The summed E-state index contributed by atoms with van der Waals surface area (Å²) in [5, 5.41) is 2.98. The molecule has 1 atom stereocenters. The van der Waals surface area contributed by atoms with E-state index in [1.165, 1.54) is 5.56 Å². The summed E-state index contributed by atoms with van der Waals surface area (Å²) in [6.07, 6.45) is 3.84. The van der Waals surface area contributed by atoms with Gasteiger partial charge in [0.05, 0.1) is 23.4 Å². The van der Waals surface area contributed by atoms with E-state index in [9.17, 15) is 4.79 Å². The Morgan fingerprint density at radius 3 is 2.63 bits per heavy atom. The molecule has 0 bridgehead atoms. The molecule has 2 saturated heterocycles. The first-order valence-electron chi connectivity index (χ1n) is 9.47. The van der Waals surface area contributed by atoms with Gasteiger partial charge < -0.3 is 15.0 Å². The molecule has 2 aliphatic heterocycles. The maximum absolute atomic E-state index is 12.5. The van der Waals surface area contributed by atoms with Crippen molar-refractivity contribution < 1.29 is 9.53 Å². The number of rotatable bonds is 3. The molecule has 0 saturated carbocycles. The summed E-state index contributed by atoms with van der Waals surface area (Å²) in [6, 6.07) is 14.6. The van der Waals surface area contributed by atoms with E-state index in [4.69, 9.17) is 4.74 Å². The molecular formula is C21H22N4O2. The van der Waals surface area contributed by atoms with Crippen LogP contribution in [0.5, 0.6) is 0 Å². The molecule has 3 aromatic rings. The van der Waals surface area contributed by atoms with Crippen LogP contribution in [0.2, 0.25) is 0 Å². The first-order chi connectivity index (χ1) is 13.3. The topological polar surface area (TPSA) is 70.2 Å². The van der Waals surface area contributed by atoms with E-state index in [0.717, 1.165) is 48.3 Å². The van der Waals surface area contributed by atoms with Crippen molar-refractivity contribution in [2.24, 2.45) is 0 Å². The Morgan fingerprint density at radius 2 is 1.81 bits per heavy atom. The monoisotopic (exact) mass is 362 g/mol. The lowest BCUT2D eigenvalue weighted by molar-refractivity contribution is 0.0853. The van der Waals surface area contributed by atoms with Crippen molar-refractivity contribution in [1.82, 2.24) is 15.3 Å². The third kappa shape index (κ3) is 2.96. The second-order valence-electron chi connectivity index (χ2n) is 7.23. The highest BCUT2D eigenvalue weighted by molar-refractivity contribution is 5.97. The summed E-state index contributed by atoms with van der Waals surface area (Å²) in [4.78, 5) is 21.7. The number of imidazole rings is 1. The van der Waals surface area contributed by atoms with Gasteiger partial charge in [0.2, 0.25) is 0 Å². The van der Waals surface area contributed by atoms with Gasteiger partial charge in [-0.1, -0.05) is 24.3 Å². The second-order valence-corrected chi connectivity index (χ2v) is 7.23. The Balaban J connectivity index is 1.43. The molecule has 1 unspecified atom stereocenters. The number of urea groups is 1. The number of anilines is 1. The van der Waals surface area contributed by atoms with Crippen LogP contribution in [0.15, 0.2) is 48.8 Å². The summed E-state index contributed by atoms with van der Waals surface area (Å²) in [5.74, 6) is 0.579. The van der Waals surface area contributed by atoms with E-state index in [2.05, 4.69) is 39.6 Å². The molecule has 2 N–H and O–H groups in total. The predicted octanol–water partition coefficient (Wildman–Crippen LogP) is 3.73. The Morgan fingerprint density at radius 1 is 1.04 bits per heavy atom. The van der Waals surface area contributed by atoms with Gasteiger partial charge in [-0.3, -0.25) is 4.90 Å². The van der Waals surface area contributed by atoms with Crippen LogP contribution in [0, 0.1) is 0 Å². The van der Waals surface area contributed by atoms with E-state index in [0.29, 0.717) is 12.5 Å². The molecule has 2 fully saturated rings. The van der Waals surface area contributed by atoms with Gasteiger partial charge in [0, 0.05) is 25.4 Å². The number of carbonyl (C=O) groups excluding carboxylic acids is 1. The fraction of sp³-hybridized carbons (Fsp3) is 0.333. The van der Waals surface area contributed by atoms with Crippen molar-refractivity contribution in [3.63, 3.8) is 0 Å². The van der Waals surface area contributed by atoms with E-state index < -0.39 is 0 Å². The number of ether oxygens (including phenoxy) is 1. The minimum absolute atomic E-state index is 0.0124. The Labute approximate surface area is 157 Å². The van der Waals surface area contributed by atoms with Crippen molar-refractivity contribution in [2.75, 3.05) is 24.7 Å². The quantitative estimate of drug-likeness (QED) is 0.746. The summed E-state index contributed by atoms with van der Waals surface area (Å²) in [6.45, 7) is 2.30. The van der Waals surface area contributed by atoms with E-state index in [1.54, 1.807) is 6.33 Å². The Bertz CT molecular complexity index is 960. The summed E-state index contributed by atoms with van der Waals surface area (Å²) < 4.78 is 5.47. The molecule has 2 aromatic carbocycles. The Kier molecular flexibility index (Phi) is 4.05. The number of amides is 2. The minimum atomic E-state index is -0.0626. The zero-order valence-corrected chi connectivity index (χ0v) is 15.0. The Hall–Kier alpha value is -2.86. The predicted molar refractivity (Wildman–Crippen MR) is 104 cm³/mol. The number of nitrogens with zero attached hydrogens (tertiary/aromatic N) is 2. The molecule has 3 heterocycles. The van der Waals surface area contributed by atoms with Crippen LogP contribution >= 0.6 is 0 Å². The smallest absolute Gasteiger partial charge is 0.322 e. The number of aromatic nitrogens is 2. The number of hydrogen-bond donors (Lipinski definition) is 2. The summed E-state index contributed by atoms with van der Waals surface area (Å²) in [5.41, 5.74) is 5.22. The van der Waals surface area contributed by atoms with E-state index >= 15 is 0 Å². The van der Waals surface area contributed by atoms with Crippen molar-refractivity contribution >= 4 is 22.8 Å². The van der Waals surface area contributed by atoms with Crippen LogP contribution in [0.1, 0.15) is 35.9 Å². The molecule has 27 heavy (non-hydrogen) atoms. The van der Waals surface area contributed by atoms with Crippen LogP contribution in [-0.4, -0.2) is 35.8 Å². The molecule has 6 nitrogen and oxygen atoms in total. The maximum atomic E-state index is 12.5. The van der Waals surface area contributed by atoms with Gasteiger partial charge in [0.1, 0.15) is 0 Å². The third-order valence-electron chi connectivity index (χ3n) is 5.67. The van der Waals surface area contributed by atoms with Gasteiger partial charge in [0.25, 0.3) is 0 Å². The second kappa shape index (κ2) is 6.70. The normalized spacial score (nSPS) is 21.0. The number of H-pyrrole nitrogens is 1. The standard InChI is InChI=1S/C21H22N4O2/c26-21-22-12-20(25(21)17-5-6-18-19(11-17)24-13-23-18)16-3-1-14(2-4-16)15-7-9-27-10-8-15/h1-6,11,13,15,20H,7-10,12H2,(H,22,26)(H,23,24). The molecule has 2 aliphatic rings. The van der Waals surface area contributed by atoms with Gasteiger partial charge in [-0.05, 0) is 48.1 Å². The van der Waals surface area contributed by atoms with Crippen molar-refractivity contribution in [3.05, 3.63) is 59.9 Å². The highest BCUT2D eigenvalue weighted by atomic mass is 16.5. The zero-order chi connectivity index (χ0) is 18.2. The first-order valence-corrected chi connectivity index (χ1v) is 9.47. The summed E-state index contributed by atoms with van der Waals surface area (Å²) in [7, 11) is 0. The highest BCUT2D eigenvalue weighted by Crippen LogP contribution is 2.33. The average molecular weight is 362 g/mol. The van der Waals surface area contributed by atoms with E-state index in [-0.39, 0.29) is 12.1 Å². The molecule has 1 aromatic heterocycles. The molecular weight excluding hydrogens is 340 g/mol. The van der Waals surface area contributed by atoms with Crippen molar-refractivity contribution in [1.29, 1.82) is 0 Å². The molecule has 0 radical (unpaired) electrons. The molecule has 138 valence electrons. The number of hydrogen-bond acceptors (Lipinski definition) is 3.